The lowest BCUT2D eigenvalue weighted by Gasteiger charge is -2.05. The number of aryl methyl sites for hydroxylation is 1. The second-order valence-electron chi connectivity index (χ2n) is 5.85. The number of hydrogen-bond donors (Lipinski definition) is 0. The fourth-order valence-electron chi connectivity index (χ4n) is 2.19. The van der Waals surface area contributed by atoms with Crippen LogP contribution in [-0.4, -0.2) is 14.5 Å². The van der Waals surface area contributed by atoms with Gasteiger partial charge in [-0.1, -0.05) is 25.6 Å². The zero-order valence-corrected chi connectivity index (χ0v) is 15.9. The molecule has 0 saturated heterocycles. The predicted molar refractivity (Wildman–Crippen MR) is 99.7 cm³/mol. The summed E-state index contributed by atoms with van der Waals surface area (Å²) in [7, 11) is 1.78. The number of thioether (sulfide) groups is 1. The molecule has 0 amide bonds. The molecule has 0 saturated carbocycles. The summed E-state index contributed by atoms with van der Waals surface area (Å²) in [5.41, 5.74) is 1.09. The minimum atomic E-state index is 0.0228. The molecule has 0 unspecified atom stereocenters. The maximum atomic E-state index is 12.3. The normalized spacial score (nSPS) is 11.7. The Morgan fingerprint density at radius 2 is 2.13 bits per heavy atom. The summed E-state index contributed by atoms with van der Waals surface area (Å²) < 4.78 is 1.63. The van der Waals surface area contributed by atoms with Crippen LogP contribution in [0.1, 0.15) is 31.0 Å². The van der Waals surface area contributed by atoms with Gasteiger partial charge in [-0.25, -0.2) is 9.97 Å². The van der Waals surface area contributed by atoms with Gasteiger partial charge in [0.1, 0.15) is 4.83 Å². The van der Waals surface area contributed by atoms with Crippen LogP contribution in [0.15, 0.2) is 26.8 Å². The van der Waals surface area contributed by atoms with E-state index in [2.05, 4.69) is 29.2 Å². The van der Waals surface area contributed by atoms with E-state index >= 15 is 0 Å². The lowest BCUT2D eigenvalue weighted by molar-refractivity contribution is 0.585. The summed E-state index contributed by atoms with van der Waals surface area (Å²) in [4.78, 5) is 22.4. The molecular formula is C16H19N3OS3. The van der Waals surface area contributed by atoms with Crippen molar-refractivity contribution in [2.24, 2.45) is 13.0 Å². The quantitative estimate of drug-likeness (QED) is 0.482. The molecule has 122 valence electrons. The first-order valence-electron chi connectivity index (χ1n) is 7.55. The molecular weight excluding hydrogens is 346 g/mol. The molecule has 0 aliphatic carbocycles. The van der Waals surface area contributed by atoms with Gasteiger partial charge in [0, 0.05) is 18.2 Å². The van der Waals surface area contributed by atoms with Crippen molar-refractivity contribution < 1.29 is 0 Å². The standard InChI is InChI=1S/C16H19N3OS3/c1-10(2)4-5-13-17-11(8-22-13)9-23-16-18-14-12(6-7-21-14)15(20)19(16)3/h6-8,10H,4-5,9H2,1-3H3. The fraction of sp³-hybridized carbons (Fsp3) is 0.438. The zero-order valence-electron chi connectivity index (χ0n) is 13.4. The first-order valence-corrected chi connectivity index (χ1v) is 10.3. The second kappa shape index (κ2) is 7.15. The van der Waals surface area contributed by atoms with Crippen LogP contribution in [0.2, 0.25) is 0 Å². The van der Waals surface area contributed by atoms with E-state index in [-0.39, 0.29) is 5.56 Å². The Balaban J connectivity index is 1.71. The van der Waals surface area contributed by atoms with E-state index in [1.807, 2.05) is 11.4 Å². The summed E-state index contributed by atoms with van der Waals surface area (Å²) in [6.45, 7) is 4.47. The largest absolute Gasteiger partial charge is 0.290 e. The topological polar surface area (TPSA) is 47.8 Å². The van der Waals surface area contributed by atoms with Gasteiger partial charge in [0.05, 0.1) is 16.1 Å². The molecule has 0 aromatic carbocycles. The smallest absolute Gasteiger partial charge is 0.262 e. The Morgan fingerprint density at radius 1 is 1.30 bits per heavy atom. The number of aromatic nitrogens is 3. The SMILES string of the molecule is CC(C)CCc1nc(CSc2nc3sccc3c(=O)n2C)cs1. The Morgan fingerprint density at radius 3 is 2.91 bits per heavy atom. The average molecular weight is 366 g/mol. The Bertz CT molecular complexity index is 863. The van der Waals surface area contributed by atoms with Gasteiger partial charge < -0.3 is 0 Å². The van der Waals surface area contributed by atoms with Gasteiger partial charge in [-0.05, 0) is 30.2 Å². The molecule has 0 atom stereocenters. The molecule has 0 aliphatic rings. The van der Waals surface area contributed by atoms with E-state index < -0.39 is 0 Å². The first kappa shape index (κ1) is 16.7. The third kappa shape index (κ3) is 3.84. The second-order valence-corrected chi connectivity index (χ2v) is 8.63. The monoisotopic (exact) mass is 365 g/mol. The highest BCUT2D eigenvalue weighted by Crippen LogP contribution is 2.24. The third-order valence-electron chi connectivity index (χ3n) is 3.55. The zero-order chi connectivity index (χ0) is 16.4. The van der Waals surface area contributed by atoms with Gasteiger partial charge >= 0.3 is 0 Å². The lowest BCUT2D eigenvalue weighted by atomic mass is 10.1. The number of thiazole rings is 1. The highest BCUT2D eigenvalue weighted by molar-refractivity contribution is 7.98. The van der Waals surface area contributed by atoms with Crippen molar-refractivity contribution in [3.05, 3.63) is 37.9 Å². The van der Waals surface area contributed by atoms with Crippen LogP contribution in [0, 0.1) is 5.92 Å². The molecule has 0 aliphatic heterocycles. The maximum absolute atomic E-state index is 12.3. The van der Waals surface area contributed by atoms with Crippen molar-refractivity contribution in [2.45, 2.75) is 37.6 Å². The Labute approximate surface area is 147 Å². The summed E-state index contributed by atoms with van der Waals surface area (Å²) in [6, 6.07) is 1.84. The van der Waals surface area contributed by atoms with Crippen molar-refractivity contribution >= 4 is 44.7 Å². The van der Waals surface area contributed by atoms with Crippen molar-refractivity contribution in [3.8, 4) is 0 Å². The van der Waals surface area contributed by atoms with E-state index in [1.54, 1.807) is 34.7 Å². The van der Waals surface area contributed by atoms with E-state index in [1.165, 1.54) is 22.8 Å². The summed E-state index contributed by atoms with van der Waals surface area (Å²) in [5, 5.41) is 6.68. The van der Waals surface area contributed by atoms with Crippen LogP contribution < -0.4 is 5.56 Å². The number of thiophene rings is 1. The minimum Gasteiger partial charge on any atom is -0.290 e. The van der Waals surface area contributed by atoms with Crippen LogP contribution in [-0.2, 0) is 19.2 Å². The highest BCUT2D eigenvalue weighted by Gasteiger charge is 2.11. The molecule has 23 heavy (non-hydrogen) atoms. The molecule has 0 bridgehead atoms. The van der Waals surface area contributed by atoms with Crippen LogP contribution in [0.25, 0.3) is 10.2 Å². The molecule has 3 rings (SSSR count). The van der Waals surface area contributed by atoms with Gasteiger partial charge in [-0.3, -0.25) is 9.36 Å². The molecule has 4 nitrogen and oxygen atoms in total. The van der Waals surface area contributed by atoms with Gasteiger partial charge in [0.25, 0.3) is 5.56 Å². The van der Waals surface area contributed by atoms with Crippen molar-refractivity contribution in [1.29, 1.82) is 0 Å². The molecule has 0 fully saturated rings. The van der Waals surface area contributed by atoms with Crippen LogP contribution >= 0.6 is 34.4 Å². The van der Waals surface area contributed by atoms with Gasteiger partial charge in [-0.2, -0.15) is 0 Å². The molecule has 0 N–H and O–H groups in total. The van der Waals surface area contributed by atoms with Crippen molar-refractivity contribution in [2.75, 3.05) is 0 Å². The molecule has 7 heteroatoms. The Hall–Kier alpha value is -1.18. The van der Waals surface area contributed by atoms with Crippen LogP contribution in [0.5, 0.6) is 0 Å². The summed E-state index contributed by atoms with van der Waals surface area (Å²) in [5.74, 6) is 1.45. The number of fused-ring (bicyclic) bond motifs is 1. The minimum absolute atomic E-state index is 0.0228. The van der Waals surface area contributed by atoms with Crippen LogP contribution in [0.4, 0.5) is 0 Å². The van der Waals surface area contributed by atoms with Gasteiger partial charge in [-0.15, -0.1) is 22.7 Å². The summed E-state index contributed by atoms with van der Waals surface area (Å²) in [6.07, 6.45) is 2.22. The molecule has 3 aromatic rings. The molecule has 0 radical (unpaired) electrons. The number of rotatable bonds is 6. The molecule has 0 spiro atoms. The van der Waals surface area contributed by atoms with Crippen LogP contribution in [0.3, 0.4) is 0 Å². The predicted octanol–water partition coefficient (Wildman–Crippen LogP) is 4.33. The number of nitrogens with zero attached hydrogens (tertiary/aromatic N) is 3. The van der Waals surface area contributed by atoms with E-state index in [0.717, 1.165) is 27.9 Å². The fourth-order valence-corrected chi connectivity index (χ4v) is 4.78. The number of hydrogen-bond acceptors (Lipinski definition) is 6. The third-order valence-corrected chi connectivity index (χ3v) is 6.38. The van der Waals surface area contributed by atoms with E-state index in [4.69, 9.17) is 0 Å². The lowest BCUT2D eigenvalue weighted by Crippen LogP contribution is -2.19. The van der Waals surface area contributed by atoms with E-state index in [0.29, 0.717) is 11.3 Å². The molecule has 3 aromatic heterocycles. The first-order chi connectivity index (χ1) is 11.0. The highest BCUT2D eigenvalue weighted by atomic mass is 32.2. The van der Waals surface area contributed by atoms with Crippen molar-refractivity contribution in [1.82, 2.24) is 14.5 Å². The Kier molecular flexibility index (Phi) is 5.18. The summed E-state index contributed by atoms with van der Waals surface area (Å²) >= 11 is 4.81. The van der Waals surface area contributed by atoms with Crippen molar-refractivity contribution in [3.63, 3.8) is 0 Å². The van der Waals surface area contributed by atoms with E-state index in [9.17, 15) is 4.79 Å². The maximum Gasteiger partial charge on any atom is 0.262 e. The van der Waals surface area contributed by atoms with Gasteiger partial charge in [0.15, 0.2) is 5.16 Å². The average Bonchev–Trinajstić information content (AvgIpc) is 3.16. The molecule has 3 heterocycles. The van der Waals surface area contributed by atoms with Gasteiger partial charge in [0.2, 0.25) is 0 Å².